The molecule has 164 valence electrons. The molecule has 3 aliphatic heterocycles. The van der Waals surface area contributed by atoms with Crippen LogP contribution in [0.25, 0.3) is 0 Å². The summed E-state index contributed by atoms with van der Waals surface area (Å²) in [5.41, 5.74) is 1.04. The molecule has 0 atom stereocenters. The highest BCUT2D eigenvalue weighted by atomic mass is 35.5. The number of carbonyl (C=O) groups is 2. The van der Waals surface area contributed by atoms with Crippen molar-refractivity contribution < 1.29 is 14.3 Å². The SMILES string of the molecule is O=C(NCC1(c2cccc(Cl)c2)CCOCC1)C1CCN(C(=O)N2CCCC2)CC1. The number of urea groups is 1. The van der Waals surface area contributed by atoms with Gasteiger partial charge in [-0.2, -0.15) is 0 Å². The molecule has 1 aromatic rings. The van der Waals surface area contributed by atoms with E-state index in [1.165, 1.54) is 5.56 Å². The smallest absolute Gasteiger partial charge is 0.319 e. The van der Waals surface area contributed by atoms with Crippen molar-refractivity contribution in [2.75, 3.05) is 45.9 Å². The van der Waals surface area contributed by atoms with Gasteiger partial charge in [0.05, 0.1) is 0 Å². The van der Waals surface area contributed by atoms with Gasteiger partial charge in [0.2, 0.25) is 5.91 Å². The number of likely N-dealkylation sites (tertiary alicyclic amines) is 2. The summed E-state index contributed by atoms with van der Waals surface area (Å²) in [4.78, 5) is 29.4. The van der Waals surface area contributed by atoms with Crippen molar-refractivity contribution in [1.29, 1.82) is 0 Å². The van der Waals surface area contributed by atoms with Crippen molar-refractivity contribution >= 4 is 23.5 Å². The van der Waals surface area contributed by atoms with Gasteiger partial charge in [-0.15, -0.1) is 0 Å². The van der Waals surface area contributed by atoms with Gasteiger partial charge in [-0.3, -0.25) is 4.79 Å². The summed E-state index contributed by atoms with van der Waals surface area (Å²) in [6.07, 6.45) is 5.41. The van der Waals surface area contributed by atoms with Crippen molar-refractivity contribution in [3.8, 4) is 0 Å². The van der Waals surface area contributed by atoms with Crippen LogP contribution in [0.4, 0.5) is 4.79 Å². The molecule has 1 aromatic carbocycles. The molecular formula is C23H32ClN3O3. The van der Waals surface area contributed by atoms with Gasteiger partial charge in [0.15, 0.2) is 0 Å². The summed E-state index contributed by atoms with van der Waals surface area (Å²) in [7, 11) is 0. The summed E-state index contributed by atoms with van der Waals surface area (Å²) in [5.74, 6) is 0.0834. The Labute approximate surface area is 183 Å². The molecule has 0 aliphatic carbocycles. The van der Waals surface area contributed by atoms with Crippen LogP contribution >= 0.6 is 11.6 Å². The van der Waals surface area contributed by atoms with Crippen molar-refractivity contribution in [3.63, 3.8) is 0 Å². The lowest BCUT2D eigenvalue weighted by atomic mass is 9.74. The fraction of sp³-hybridized carbons (Fsp3) is 0.652. The summed E-state index contributed by atoms with van der Waals surface area (Å²) in [5, 5.41) is 3.95. The van der Waals surface area contributed by atoms with Crippen LogP contribution in [0, 0.1) is 5.92 Å². The van der Waals surface area contributed by atoms with E-state index in [1.54, 1.807) is 0 Å². The highest BCUT2D eigenvalue weighted by molar-refractivity contribution is 6.30. The zero-order chi connectivity index (χ0) is 21.0. The van der Waals surface area contributed by atoms with Gasteiger partial charge in [-0.1, -0.05) is 23.7 Å². The van der Waals surface area contributed by atoms with Crippen LogP contribution in [0.2, 0.25) is 5.02 Å². The predicted molar refractivity (Wildman–Crippen MR) is 117 cm³/mol. The number of ether oxygens (including phenoxy) is 1. The van der Waals surface area contributed by atoms with Crippen LogP contribution < -0.4 is 5.32 Å². The fourth-order valence-corrected chi connectivity index (χ4v) is 5.18. The first-order valence-electron chi connectivity index (χ1n) is 11.2. The molecule has 0 unspecified atom stereocenters. The zero-order valence-corrected chi connectivity index (χ0v) is 18.3. The summed E-state index contributed by atoms with van der Waals surface area (Å²) in [6, 6.07) is 8.12. The molecule has 3 aliphatic rings. The third-order valence-electron chi connectivity index (χ3n) is 7.00. The minimum Gasteiger partial charge on any atom is -0.381 e. The van der Waals surface area contributed by atoms with Gasteiger partial charge in [0, 0.05) is 62.3 Å². The Morgan fingerprint density at radius 3 is 2.40 bits per heavy atom. The van der Waals surface area contributed by atoms with Crippen LogP contribution in [0.1, 0.15) is 44.1 Å². The largest absolute Gasteiger partial charge is 0.381 e. The van der Waals surface area contributed by atoms with E-state index in [2.05, 4.69) is 11.4 Å². The normalized spacial score (nSPS) is 22.2. The topological polar surface area (TPSA) is 61.9 Å². The highest BCUT2D eigenvalue weighted by Gasteiger charge is 2.36. The lowest BCUT2D eigenvalue weighted by molar-refractivity contribution is -0.126. The maximum atomic E-state index is 12.9. The van der Waals surface area contributed by atoms with Crippen LogP contribution in [-0.2, 0) is 14.9 Å². The van der Waals surface area contributed by atoms with E-state index < -0.39 is 0 Å². The zero-order valence-electron chi connectivity index (χ0n) is 17.6. The fourth-order valence-electron chi connectivity index (χ4n) is 4.99. The quantitative estimate of drug-likeness (QED) is 0.791. The molecule has 0 bridgehead atoms. The number of hydrogen-bond donors (Lipinski definition) is 1. The van der Waals surface area contributed by atoms with Crippen LogP contribution in [0.3, 0.4) is 0 Å². The average Bonchev–Trinajstić information content (AvgIpc) is 3.33. The molecule has 3 heterocycles. The van der Waals surface area contributed by atoms with Gasteiger partial charge >= 0.3 is 6.03 Å². The van der Waals surface area contributed by atoms with E-state index in [0.717, 1.165) is 56.6 Å². The highest BCUT2D eigenvalue weighted by Crippen LogP contribution is 2.35. The lowest BCUT2D eigenvalue weighted by Gasteiger charge is -2.39. The molecule has 0 aromatic heterocycles. The average molecular weight is 434 g/mol. The number of piperidine rings is 1. The van der Waals surface area contributed by atoms with Gasteiger partial charge in [-0.25, -0.2) is 4.79 Å². The number of nitrogens with zero attached hydrogens (tertiary/aromatic N) is 2. The predicted octanol–water partition coefficient (Wildman–Crippen LogP) is 3.43. The minimum absolute atomic E-state index is 0.0242. The van der Waals surface area contributed by atoms with E-state index >= 15 is 0 Å². The lowest BCUT2D eigenvalue weighted by Crippen LogP contribution is -2.49. The molecule has 3 amide bonds. The molecule has 3 fully saturated rings. The van der Waals surface area contributed by atoms with E-state index in [1.807, 2.05) is 28.0 Å². The Kier molecular flexibility index (Phi) is 6.84. The number of nitrogens with one attached hydrogen (secondary N) is 1. The molecule has 3 saturated heterocycles. The first-order chi connectivity index (χ1) is 14.6. The van der Waals surface area contributed by atoms with E-state index in [-0.39, 0.29) is 23.3 Å². The van der Waals surface area contributed by atoms with Crippen LogP contribution in [0.5, 0.6) is 0 Å². The van der Waals surface area contributed by atoms with Gasteiger partial charge in [0.25, 0.3) is 0 Å². The first kappa shape index (κ1) is 21.4. The molecule has 30 heavy (non-hydrogen) atoms. The number of carbonyl (C=O) groups excluding carboxylic acids is 2. The third kappa shape index (κ3) is 4.75. The number of benzene rings is 1. The summed E-state index contributed by atoms with van der Waals surface area (Å²) < 4.78 is 5.59. The van der Waals surface area contributed by atoms with Crippen molar-refractivity contribution in [2.24, 2.45) is 5.92 Å². The summed E-state index contributed by atoms with van der Waals surface area (Å²) >= 11 is 6.24. The minimum atomic E-state index is -0.134. The van der Waals surface area contributed by atoms with Crippen molar-refractivity contribution in [3.05, 3.63) is 34.9 Å². The second kappa shape index (κ2) is 9.56. The van der Waals surface area contributed by atoms with Gasteiger partial charge in [0.1, 0.15) is 0 Å². The van der Waals surface area contributed by atoms with Crippen LogP contribution in [0.15, 0.2) is 24.3 Å². The second-order valence-electron chi connectivity index (χ2n) is 8.86. The molecule has 4 rings (SSSR count). The Morgan fingerprint density at radius 1 is 1.07 bits per heavy atom. The molecule has 6 nitrogen and oxygen atoms in total. The van der Waals surface area contributed by atoms with E-state index in [9.17, 15) is 9.59 Å². The van der Waals surface area contributed by atoms with Crippen LogP contribution in [-0.4, -0.2) is 67.7 Å². The van der Waals surface area contributed by atoms with E-state index in [4.69, 9.17) is 16.3 Å². The second-order valence-corrected chi connectivity index (χ2v) is 9.30. The summed E-state index contributed by atoms with van der Waals surface area (Å²) in [6.45, 7) is 5.06. The van der Waals surface area contributed by atoms with E-state index in [0.29, 0.717) is 32.8 Å². The maximum absolute atomic E-state index is 12.9. The molecule has 1 N–H and O–H groups in total. The Balaban J connectivity index is 1.32. The molecule has 0 spiro atoms. The molecular weight excluding hydrogens is 402 g/mol. The standard InChI is InChI=1S/C23H32ClN3O3/c24-20-5-3-4-19(16-20)23(8-14-30-15-9-23)17-25-21(28)18-6-12-27(13-7-18)22(29)26-10-1-2-11-26/h3-5,16,18H,1-2,6-15,17H2,(H,25,28). The Hall–Kier alpha value is -1.79. The Bertz CT molecular complexity index is 752. The van der Waals surface area contributed by atoms with Gasteiger partial charge < -0.3 is 19.9 Å². The maximum Gasteiger partial charge on any atom is 0.319 e. The van der Waals surface area contributed by atoms with Crippen molar-refractivity contribution in [1.82, 2.24) is 15.1 Å². The Morgan fingerprint density at radius 2 is 1.73 bits per heavy atom. The monoisotopic (exact) mass is 433 g/mol. The first-order valence-corrected chi connectivity index (χ1v) is 11.6. The van der Waals surface area contributed by atoms with Gasteiger partial charge in [-0.05, 0) is 56.2 Å². The number of rotatable bonds is 4. The molecule has 0 radical (unpaired) electrons. The molecule has 7 heteroatoms. The number of amides is 3. The molecule has 0 saturated carbocycles. The number of halogens is 1. The number of hydrogen-bond acceptors (Lipinski definition) is 3. The third-order valence-corrected chi connectivity index (χ3v) is 7.24. The van der Waals surface area contributed by atoms with Crippen molar-refractivity contribution in [2.45, 2.75) is 43.9 Å².